The number of carboxylic acid groups (broad SMARTS) is 1. The molecule has 1 saturated carbocycles. The molecule has 0 aromatic heterocycles. The van der Waals surface area contributed by atoms with Crippen molar-refractivity contribution in [1.29, 1.82) is 0 Å². The van der Waals surface area contributed by atoms with Gasteiger partial charge in [-0.05, 0) is 25.2 Å². The zero-order valence-electron chi connectivity index (χ0n) is 10.6. The van der Waals surface area contributed by atoms with E-state index in [0.29, 0.717) is 32.0 Å². The molecule has 2 unspecified atom stereocenters. The van der Waals surface area contributed by atoms with E-state index in [1.54, 1.807) is 0 Å². The molecule has 18 heavy (non-hydrogen) atoms. The van der Waals surface area contributed by atoms with E-state index in [-0.39, 0.29) is 18.6 Å². The van der Waals surface area contributed by atoms with Crippen molar-refractivity contribution in [2.75, 3.05) is 19.8 Å². The van der Waals surface area contributed by atoms with E-state index in [4.69, 9.17) is 4.74 Å². The third kappa shape index (κ3) is 2.93. The van der Waals surface area contributed by atoms with Gasteiger partial charge in [-0.2, -0.15) is 0 Å². The van der Waals surface area contributed by atoms with Crippen LogP contribution in [0, 0.1) is 11.3 Å². The van der Waals surface area contributed by atoms with E-state index in [9.17, 15) is 14.7 Å². The molecule has 0 radical (unpaired) electrons. The molecule has 6 nitrogen and oxygen atoms in total. The molecule has 1 heterocycles. The summed E-state index contributed by atoms with van der Waals surface area (Å²) < 4.78 is 5.18. The van der Waals surface area contributed by atoms with Crippen LogP contribution >= 0.6 is 0 Å². The second-order valence-corrected chi connectivity index (χ2v) is 5.34. The van der Waals surface area contributed by atoms with Crippen LogP contribution in [0.25, 0.3) is 0 Å². The van der Waals surface area contributed by atoms with Gasteiger partial charge in [0.15, 0.2) is 0 Å². The van der Waals surface area contributed by atoms with Gasteiger partial charge in [0.2, 0.25) is 0 Å². The van der Waals surface area contributed by atoms with Crippen LogP contribution in [0.3, 0.4) is 0 Å². The Balaban J connectivity index is 1.81. The summed E-state index contributed by atoms with van der Waals surface area (Å²) in [5.41, 5.74) is -0.870. The third-order valence-corrected chi connectivity index (χ3v) is 3.92. The maximum atomic E-state index is 11.6. The number of hydrogen-bond donors (Lipinski definition) is 3. The summed E-state index contributed by atoms with van der Waals surface area (Å²) in [7, 11) is 0. The number of nitrogens with one attached hydrogen (secondary N) is 2. The number of carbonyl (C=O) groups is 2. The lowest BCUT2D eigenvalue weighted by Gasteiger charge is -2.33. The van der Waals surface area contributed by atoms with E-state index in [0.717, 1.165) is 6.42 Å². The monoisotopic (exact) mass is 256 g/mol. The fraction of sp³-hybridized carbons (Fsp3) is 0.833. The van der Waals surface area contributed by atoms with Gasteiger partial charge in [-0.15, -0.1) is 0 Å². The third-order valence-electron chi connectivity index (χ3n) is 3.92. The van der Waals surface area contributed by atoms with Crippen LogP contribution < -0.4 is 10.6 Å². The van der Waals surface area contributed by atoms with Crippen LogP contribution in [0.2, 0.25) is 0 Å². The van der Waals surface area contributed by atoms with Gasteiger partial charge in [-0.1, -0.05) is 6.92 Å². The van der Waals surface area contributed by atoms with Crippen molar-refractivity contribution in [3.8, 4) is 0 Å². The Kier molecular flexibility index (Phi) is 3.75. The van der Waals surface area contributed by atoms with Crippen molar-refractivity contribution >= 4 is 12.0 Å². The lowest BCUT2D eigenvalue weighted by Crippen LogP contribution is -2.49. The normalized spacial score (nSPS) is 29.4. The summed E-state index contributed by atoms with van der Waals surface area (Å²) >= 11 is 0. The number of rotatable bonds is 4. The highest BCUT2D eigenvalue weighted by molar-refractivity contribution is 5.78. The Bertz CT molecular complexity index is 339. The van der Waals surface area contributed by atoms with E-state index >= 15 is 0 Å². The minimum absolute atomic E-state index is 0.165. The van der Waals surface area contributed by atoms with Crippen molar-refractivity contribution in [1.82, 2.24) is 10.6 Å². The zero-order chi connectivity index (χ0) is 13.2. The second kappa shape index (κ2) is 5.14. The highest BCUT2D eigenvalue weighted by Gasteiger charge is 2.41. The predicted molar refractivity (Wildman–Crippen MR) is 64.2 cm³/mol. The summed E-state index contributed by atoms with van der Waals surface area (Å²) in [6.45, 7) is 3.12. The van der Waals surface area contributed by atoms with Gasteiger partial charge in [-0.25, -0.2) is 4.79 Å². The highest BCUT2D eigenvalue weighted by Crippen LogP contribution is 2.31. The van der Waals surface area contributed by atoms with Crippen LogP contribution in [0.1, 0.15) is 26.2 Å². The van der Waals surface area contributed by atoms with E-state index in [2.05, 4.69) is 17.6 Å². The maximum Gasteiger partial charge on any atom is 0.315 e. The van der Waals surface area contributed by atoms with Crippen LogP contribution in [0.5, 0.6) is 0 Å². The maximum absolute atomic E-state index is 11.6. The van der Waals surface area contributed by atoms with Crippen molar-refractivity contribution in [2.24, 2.45) is 11.3 Å². The van der Waals surface area contributed by atoms with Crippen LogP contribution in [0.15, 0.2) is 0 Å². The first-order chi connectivity index (χ1) is 8.53. The average Bonchev–Trinajstić information content (AvgIpc) is 3.03. The van der Waals surface area contributed by atoms with Crippen molar-refractivity contribution in [3.05, 3.63) is 0 Å². The second-order valence-electron chi connectivity index (χ2n) is 5.34. The number of aliphatic carboxylic acids is 1. The summed E-state index contributed by atoms with van der Waals surface area (Å²) in [6, 6.07) is -0.0167. The van der Waals surface area contributed by atoms with Crippen molar-refractivity contribution < 1.29 is 19.4 Å². The summed E-state index contributed by atoms with van der Waals surface area (Å²) in [6.07, 6.45) is 1.90. The van der Waals surface area contributed by atoms with Crippen LogP contribution in [-0.4, -0.2) is 42.9 Å². The quantitative estimate of drug-likeness (QED) is 0.686. The standard InChI is InChI=1S/C12H20N2O4/c1-8-6-9(8)14-11(17)13-7-12(10(15)16)2-4-18-5-3-12/h8-9H,2-7H2,1H3,(H,15,16)(H2,13,14,17). The Morgan fingerprint density at radius 1 is 1.39 bits per heavy atom. The molecule has 2 fully saturated rings. The van der Waals surface area contributed by atoms with Gasteiger partial charge >= 0.3 is 12.0 Å². The van der Waals surface area contributed by atoms with Gasteiger partial charge in [-0.3, -0.25) is 4.79 Å². The molecule has 102 valence electrons. The molecule has 3 N–H and O–H groups in total. The molecule has 1 aliphatic carbocycles. The zero-order valence-corrected chi connectivity index (χ0v) is 10.6. The van der Waals surface area contributed by atoms with E-state index < -0.39 is 11.4 Å². The fourth-order valence-corrected chi connectivity index (χ4v) is 2.22. The summed E-state index contributed by atoms with van der Waals surface area (Å²) in [5.74, 6) is -0.321. The Morgan fingerprint density at radius 3 is 2.50 bits per heavy atom. The van der Waals surface area contributed by atoms with Crippen LogP contribution in [0.4, 0.5) is 4.79 Å². The molecular formula is C12H20N2O4. The molecule has 0 aromatic rings. The number of carbonyl (C=O) groups excluding carboxylic acids is 1. The molecule has 0 aromatic carbocycles. The van der Waals surface area contributed by atoms with Crippen molar-refractivity contribution in [2.45, 2.75) is 32.2 Å². The topological polar surface area (TPSA) is 87.7 Å². The first kappa shape index (κ1) is 13.1. The molecule has 2 rings (SSSR count). The number of hydrogen-bond acceptors (Lipinski definition) is 3. The first-order valence-electron chi connectivity index (χ1n) is 6.39. The molecule has 2 aliphatic rings. The van der Waals surface area contributed by atoms with Gasteiger partial charge in [0, 0.05) is 25.8 Å². The SMILES string of the molecule is CC1CC1NC(=O)NCC1(C(=O)O)CCOCC1. The first-order valence-corrected chi connectivity index (χ1v) is 6.39. The number of amides is 2. The molecule has 1 saturated heterocycles. The fourth-order valence-electron chi connectivity index (χ4n) is 2.22. The molecule has 2 amide bonds. The highest BCUT2D eigenvalue weighted by atomic mass is 16.5. The average molecular weight is 256 g/mol. The lowest BCUT2D eigenvalue weighted by molar-refractivity contribution is -0.154. The Morgan fingerprint density at radius 2 is 2.00 bits per heavy atom. The van der Waals surface area contributed by atoms with E-state index in [1.165, 1.54) is 0 Å². The Hall–Kier alpha value is -1.30. The molecule has 2 atom stereocenters. The van der Waals surface area contributed by atoms with Gasteiger partial charge in [0.25, 0.3) is 0 Å². The lowest BCUT2D eigenvalue weighted by atomic mass is 9.80. The van der Waals surface area contributed by atoms with Gasteiger partial charge in [0.1, 0.15) is 0 Å². The smallest absolute Gasteiger partial charge is 0.315 e. The van der Waals surface area contributed by atoms with Crippen LogP contribution in [-0.2, 0) is 9.53 Å². The molecule has 1 aliphatic heterocycles. The minimum Gasteiger partial charge on any atom is -0.481 e. The number of ether oxygens (including phenoxy) is 1. The largest absolute Gasteiger partial charge is 0.481 e. The summed E-state index contributed by atoms with van der Waals surface area (Å²) in [5, 5.41) is 14.8. The Labute approximate surface area is 106 Å². The predicted octanol–water partition coefficient (Wildman–Crippen LogP) is 0.575. The van der Waals surface area contributed by atoms with Crippen molar-refractivity contribution in [3.63, 3.8) is 0 Å². The number of carboxylic acids is 1. The van der Waals surface area contributed by atoms with E-state index in [1.807, 2.05) is 0 Å². The molecular weight excluding hydrogens is 236 g/mol. The minimum atomic E-state index is -0.870. The van der Waals surface area contributed by atoms with Gasteiger partial charge < -0.3 is 20.5 Å². The number of urea groups is 1. The summed E-state index contributed by atoms with van der Waals surface area (Å²) in [4.78, 5) is 22.9. The van der Waals surface area contributed by atoms with Gasteiger partial charge in [0.05, 0.1) is 5.41 Å². The molecule has 0 spiro atoms. The molecule has 0 bridgehead atoms. The molecule has 6 heteroatoms.